The van der Waals surface area contributed by atoms with Crippen molar-refractivity contribution >= 4 is 11.6 Å². The second kappa shape index (κ2) is 7.49. The predicted octanol–water partition coefficient (Wildman–Crippen LogP) is 1.11. The molecule has 1 amide bonds. The van der Waals surface area contributed by atoms with E-state index >= 15 is 0 Å². The van der Waals surface area contributed by atoms with Crippen molar-refractivity contribution < 1.29 is 14.3 Å². The molecule has 2 aromatic rings. The summed E-state index contributed by atoms with van der Waals surface area (Å²) in [5.74, 6) is -0.0476. The van der Waals surface area contributed by atoms with E-state index in [1.807, 2.05) is 24.3 Å². The molecule has 0 bridgehead atoms. The van der Waals surface area contributed by atoms with E-state index in [1.165, 1.54) is 5.56 Å². The van der Waals surface area contributed by atoms with E-state index in [0.29, 0.717) is 26.3 Å². The third-order valence-corrected chi connectivity index (χ3v) is 4.79. The van der Waals surface area contributed by atoms with Gasteiger partial charge in [-0.2, -0.15) is 0 Å². The molecule has 4 rings (SSSR count). The van der Waals surface area contributed by atoms with Crippen molar-refractivity contribution in [3.63, 3.8) is 0 Å². The smallest absolute Gasteiger partial charge is 0.253 e. The molecule has 7 nitrogen and oxygen atoms in total. The largest absolute Gasteiger partial charge is 0.377 e. The number of carbonyl (C=O) groups is 1. The van der Waals surface area contributed by atoms with Gasteiger partial charge in [-0.3, -0.25) is 19.7 Å². The summed E-state index contributed by atoms with van der Waals surface area (Å²) in [6.07, 6.45) is 7.03. The maximum absolute atomic E-state index is 12.4. The Bertz CT molecular complexity index is 743. The van der Waals surface area contributed by atoms with Crippen LogP contribution >= 0.6 is 0 Å². The Morgan fingerprint density at radius 1 is 1.12 bits per heavy atom. The van der Waals surface area contributed by atoms with Gasteiger partial charge in [0.25, 0.3) is 5.91 Å². The normalized spacial score (nSPS) is 24.6. The fourth-order valence-electron chi connectivity index (χ4n) is 3.51. The Morgan fingerprint density at radius 2 is 2.00 bits per heavy atom. The number of nitrogens with zero attached hydrogens (tertiary/aromatic N) is 4. The fourth-order valence-corrected chi connectivity index (χ4v) is 3.51. The van der Waals surface area contributed by atoms with E-state index in [0.717, 1.165) is 18.8 Å². The van der Waals surface area contributed by atoms with Crippen LogP contribution in [-0.4, -0.2) is 65.8 Å². The summed E-state index contributed by atoms with van der Waals surface area (Å²) < 4.78 is 11.9. The topological polar surface area (TPSA) is 67.8 Å². The van der Waals surface area contributed by atoms with Crippen molar-refractivity contribution in [3.8, 4) is 0 Å². The van der Waals surface area contributed by atoms with Crippen LogP contribution in [0.15, 0.2) is 49.1 Å². The van der Waals surface area contributed by atoms with Crippen LogP contribution in [0.4, 0.5) is 5.69 Å². The molecule has 26 heavy (non-hydrogen) atoms. The summed E-state index contributed by atoms with van der Waals surface area (Å²) in [7, 11) is 0. The van der Waals surface area contributed by atoms with E-state index in [4.69, 9.17) is 9.47 Å². The SMILES string of the molecule is O=C1CO[C@]2(COCCN(Cc3ccncc3)C2)CN1c1cccnc1. The van der Waals surface area contributed by atoms with Gasteiger partial charge in [-0.15, -0.1) is 0 Å². The Balaban J connectivity index is 1.53. The first-order chi connectivity index (χ1) is 12.7. The van der Waals surface area contributed by atoms with Crippen LogP contribution in [0.5, 0.6) is 0 Å². The van der Waals surface area contributed by atoms with Crippen LogP contribution in [-0.2, 0) is 20.8 Å². The number of morpholine rings is 1. The van der Waals surface area contributed by atoms with Gasteiger partial charge in [-0.1, -0.05) is 0 Å². The van der Waals surface area contributed by atoms with Crippen molar-refractivity contribution in [2.75, 3.05) is 44.4 Å². The summed E-state index contributed by atoms with van der Waals surface area (Å²) in [5, 5.41) is 0. The van der Waals surface area contributed by atoms with Gasteiger partial charge in [0.15, 0.2) is 0 Å². The summed E-state index contributed by atoms with van der Waals surface area (Å²) in [6.45, 7) is 3.98. The second-order valence-corrected chi connectivity index (χ2v) is 6.78. The van der Waals surface area contributed by atoms with E-state index in [9.17, 15) is 4.79 Å². The number of aromatic nitrogens is 2. The first-order valence-corrected chi connectivity index (χ1v) is 8.77. The molecule has 2 aliphatic heterocycles. The number of hydrogen-bond acceptors (Lipinski definition) is 6. The molecule has 7 heteroatoms. The van der Waals surface area contributed by atoms with Crippen LogP contribution in [0.1, 0.15) is 5.56 Å². The second-order valence-electron chi connectivity index (χ2n) is 6.78. The molecule has 0 unspecified atom stereocenters. The first kappa shape index (κ1) is 17.1. The van der Waals surface area contributed by atoms with Crippen molar-refractivity contribution in [3.05, 3.63) is 54.6 Å². The van der Waals surface area contributed by atoms with Gasteiger partial charge in [0, 0.05) is 38.2 Å². The van der Waals surface area contributed by atoms with Gasteiger partial charge in [0.05, 0.1) is 31.6 Å². The molecular formula is C19H22N4O3. The highest BCUT2D eigenvalue weighted by Crippen LogP contribution is 2.27. The number of pyridine rings is 2. The van der Waals surface area contributed by atoms with E-state index in [-0.39, 0.29) is 12.5 Å². The Morgan fingerprint density at radius 3 is 2.81 bits per heavy atom. The Labute approximate surface area is 152 Å². The quantitative estimate of drug-likeness (QED) is 0.823. The maximum atomic E-state index is 12.4. The highest BCUT2D eigenvalue weighted by Gasteiger charge is 2.43. The van der Waals surface area contributed by atoms with Gasteiger partial charge in [-0.05, 0) is 29.8 Å². The van der Waals surface area contributed by atoms with Gasteiger partial charge >= 0.3 is 0 Å². The van der Waals surface area contributed by atoms with Gasteiger partial charge < -0.3 is 14.4 Å². The van der Waals surface area contributed by atoms with Crippen LogP contribution < -0.4 is 4.90 Å². The zero-order chi connectivity index (χ0) is 17.8. The maximum Gasteiger partial charge on any atom is 0.253 e. The van der Waals surface area contributed by atoms with Crippen molar-refractivity contribution in [1.29, 1.82) is 0 Å². The van der Waals surface area contributed by atoms with Crippen LogP contribution in [0.3, 0.4) is 0 Å². The summed E-state index contributed by atoms with van der Waals surface area (Å²) in [5.41, 5.74) is 1.46. The highest BCUT2D eigenvalue weighted by molar-refractivity contribution is 5.95. The monoisotopic (exact) mass is 354 g/mol. The van der Waals surface area contributed by atoms with Gasteiger partial charge in [0.1, 0.15) is 12.2 Å². The molecule has 0 aliphatic carbocycles. The number of ether oxygens (including phenoxy) is 2. The van der Waals surface area contributed by atoms with Crippen molar-refractivity contribution in [2.45, 2.75) is 12.1 Å². The number of hydrogen-bond donors (Lipinski definition) is 0. The lowest BCUT2D eigenvalue weighted by Gasteiger charge is -2.43. The van der Waals surface area contributed by atoms with E-state index in [1.54, 1.807) is 29.7 Å². The molecule has 0 saturated carbocycles. The molecule has 0 N–H and O–H groups in total. The molecule has 1 spiro atoms. The minimum Gasteiger partial charge on any atom is -0.377 e. The van der Waals surface area contributed by atoms with Gasteiger partial charge in [-0.25, -0.2) is 0 Å². The van der Waals surface area contributed by atoms with Crippen LogP contribution in [0, 0.1) is 0 Å². The molecule has 0 radical (unpaired) electrons. The third kappa shape index (κ3) is 3.75. The number of rotatable bonds is 3. The lowest BCUT2D eigenvalue weighted by atomic mass is 10.0. The van der Waals surface area contributed by atoms with E-state index in [2.05, 4.69) is 14.9 Å². The average Bonchev–Trinajstić information content (AvgIpc) is 2.88. The molecule has 1 atom stereocenters. The number of anilines is 1. The molecule has 4 heterocycles. The average molecular weight is 354 g/mol. The van der Waals surface area contributed by atoms with Crippen LogP contribution in [0.25, 0.3) is 0 Å². The number of carbonyl (C=O) groups excluding carboxylic acids is 1. The molecule has 2 aliphatic rings. The molecule has 0 aromatic carbocycles. The minimum absolute atomic E-state index is 0.0476. The molecule has 2 aromatic heterocycles. The summed E-state index contributed by atoms with van der Waals surface area (Å²) >= 11 is 0. The van der Waals surface area contributed by atoms with Crippen molar-refractivity contribution in [1.82, 2.24) is 14.9 Å². The third-order valence-electron chi connectivity index (χ3n) is 4.79. The predicted molar refractivity (Wildman–Crippen MR) is 95.6 cm³/mol. The van der Waals surface area contributed by atoms with Crippen LogP contribution in [0.2, 0.25) is 0 Å². The standard InChI is InChI=1S/C19H22N4O3/c24-18-12-26-19(14-23(18)17-2-1-5-21-10-17)13-22(8-9-25-15-19)11-16-3-6-20-7-4-16/h1-7,10H,8-9,11-15H2/t19-/m0/s1. The summed E-state index contributed by atoms with van der Waals surface area (Å²) in [6, 6.07) is 7.78. The Hall–Kier alpha value is -2.35. The molecule has 136 valence electrons. The van der Waals surface area contributed by atoms with Crippen molar-refractivity contribution in [2.24, 2.45) is 0 Å². The number of amides is 1. The van der Waals surface area contributed by atoms with Gasteiger partial charge in [0.2, 0.25) is 0 Å². The zero-order valence-corrected chi connectivity index (χ0v) is 14.6. The lowest BCUT2D eigenvalue weighted by molar-refractivity contribution is -0.146. The Kier molecular flexibility index (Phi) is 4.92. The molecule has 2 fully saturated rings. The highest BCUT2D eigenvalue weighted by atomic mass is 16.6. The lowest BCUT2D eigenvalue weighted by Crippen LogP contribution is -2.60. The first-order valence-electron chi connectivity index (χ1n) is 8.77. The fraction of sp³-hybridized carbons (Fsp3) is 0.421. The molecule has 2 saturated heterocycles. The summed E-state index contributed by atoms with van der Waals surface area (Å²) in [4.78, 5) is 24.7. The minimum atomic E-state index is -0.534. The zero-order valence-electron chi connectivity index (χ0n) is 14.6. The van der Waals surface area contributed by atoms with E-state index < -0.39 is 5.60 Å². The molecular weight excluding hydrogens is 332 g/mol.